The number of halogens is 2. The normalized spacial score (nSPS) is 17.2. The summed E-state index contributed by atoms with van der Waals surface area (Å²) in [6.45, 7) is 0. The molecule has 80 valence electrons. The molecule has 1 aromatic rings. The molecule has 1 aromatic heterocycles. The number of aromatic nitrogens is 1. The fourth-order valence-electron chi connectivity index (χ4n) is 1.67. The van der Waals surface area contributed by atoms with Crippen molar-refractivity contribution in [2.24, 2.45) is 5.73 Å². The molecule has 2 nitrogen and oxygen atoms in total. The van der Waals surface area contributed by atoms with Crippen LogP contribution in [0, 0.1) is 0 Å². The standard InChI is InChI=1S/C10H14N2.2ClH/c11-10(5-3-6-10)8-9-4-1-2-7-12-9;;/h1-2,4,7H,3,5-6,8,11H2;2*1H. The second kappa shape index (κ2) is 5.54. The maximum Gasteiger partial charge on any atom is 0.0421 e. The maximum absolute atomic E-state index is 6.09. The largest absolute Gasteiger partial charge is 0.325 e. The predicted molar refractivity (Wildman–Crippen MR) is 63.2 cm³/mol. The minimum absolute atomic E-state index is 0. The SMILES string of the molecule is Cl.Cl.NC1(Cc2ccccn2)CCC1. The zero-order chi connectivity index (χ0) is 8.44. The Morgan fingerprint density at radius 3 is 2.43 bits per heavy atom. The fraction of sp³-hybridized carbons (Fsp3) is 0.500. The van der Waals surface area contributed by atoms with Crippen molar-refractivity contribution in [2.75, 3.05) is 0 Å². The summed E-state index contributed by atoms with van der Waals surface area (Å²) >= 11 is 0. The van der Waals surface area contributed by atoms with Gasteiger partial charge in [-0.15, -0.1) is 24.8 Å². The molecule has 0 unspecified atom stereocenters. The van der Waals surface area contributed by atoms with Gasteiger partial charge in [0.2, 0.25) is 0 Å². The number of rotatable bonds is 2. The first-order chi connectivity index (χ1) is 5.79. The van der Waals surface area contributed by atoms with Crippen LogP contribution in [0.5, 0.6) is 0 Å². The predicted octanol–water partition coefficient (Wildman–Crippen LogP) is 2.35. The van der Waals surface area contributed by atoms with E-state index in [0.29, 0.717) is 0 Å². The lowest BCUT2D eigenvalue weighted by molar-refractivity contribution is 0.245. The van der Waals surface area contributed by atoms with E-state index in [2.05, 4.69) is 4.98 Å². The Morgan fingerprint density at radius 1 is 1.29 bits per heavy atom. The van der Waals surface area contributed by atoms with E-state index in [0.717, 1.165) is 25.0 Å². The van der Waals surface area contributed by atoms with Crippen LogP contribution < -0.4 is 5.73 Å². The highest BCUT2D eigenvalue weighted by molar-refractivity contribution is 5.85. The van der Waals surface area contributed by atoms with Gasteiger partial charge < -0.3 is 5.73 Å². The summed E-state index contributed by atoms with van der Waals surface area (Å²) in [5, 5.41) is 0. The van der Waals surface area contributed by atoms with Crippen LogP contribution in [0.1, 0.15) is 25.0 Å². The monoisotopic (exact) mass is 234 g/mol. The van der Waals surface area contributed by atoms with Gasteiger partial charge in [0.25, 0.3) is 0 Å². The number of nitrogens with two attached hydrogens (primary N) is 1. The van der Waals surface area contributed by atoms with Crippen molar-refractivity contribution in [3.8, 4) is 0 Å². The molecule has 0 aromatic carbocycles. The molecule has 14 heavy (non-hydrogen) atoms. The molecule has 1 aliphatic rings. The lowest BCUT2D eigenvalue weighted by atomic mass is 9.74. The van der Waals surface area contributed by atoms with E-state index in [4.69, 9.17) is 5.73 Å². The Hall–Kier alpha value is -0.310. The molecule has 2 rings (SSSR count). The molecule has 1 aliphatic carbocycles. The first kappa shape index (κ1) is 13.7. The van der Waals surface area contributed by atoms with Gasteiger partial charge in [0, 0.05) is 23.9 Å². The summed E-state index contributed by atoms with van der Waals surface area (Å²) in [5.74, 6) is 0. The van der Waals surface area contributed by atoms with Crippen LogP contribution in [0.4, 0.5) is 0 Å². The Morgan fingerprint density at radius 2 is 2.00 bits per heavy atom. The van der Waals surface area contributed by atoms with Crippen LogP contribution in [0.2, 0.25) is 0 Å². The molecule has 2 N–H and O–H groups in total. The van der Waals surface area contributed by atoms with Gasteiger partial charge in [-0.2, -0.15) is 0 Å². The molecular weight excluding hydrogens is 219 g/mol. The minimum Gasteiger partial charge on any atom is -0.325 e. The van der Waals surface area contributed by atoms with Crippen molar-refractivity contribution < 1.29 is 0 Å². The van der Waals surface area contributed by atoms with Crippen LogP contribution in [0.15, 0.2) is 24.4 Å². The van der Waals surface area contributed by atoms with Gasteiger partial charge in [0.05, 0.1) is 0 Å². The van der Waals surface area contributed by atoms with Gasteiger partial charge in [-0.05, 0) is 31.4 Å². The van der Waals surface area contributed by atoms with Crippen molar-refractivity contribution >= 4 is 24.8 Å². The minimum atomic E-state index is 0. The van der Waals surface area contributed by atoms with Crippen molar-refractivity contribution in [1.82, 2.24) is 4.98 Å². The Labute approximate surface area is 97.1 Å². The highest BCUT2D eigenvalue weighted by Gasteiger charge is 2.32. The van der Waals surface area contributed by atoms with Crippen LogP contribution in [-0.4, -0.2) is 10.5 Å². The number of pyridine rings is 1. The third kappa shape index (κ3) is 3.12. The molecule has 0 atom stereocenters. The molecule has 0 aliphatic heterocycles. The molecule has 0 amide bonds. The van der Waals surface area contributed by atoms with E-state index >= 15 is 0 Å². The van der Waals surface area contributed by atoms with Gasteiger partial charge in [0.1, 0.15) is 0 Å². The van der Waals surface area contributed by atoms with Crippen LogP contribution in [0.3, 0.4) is 0 Å². The number of nitrogens with zero attached hydrogens (tertiary/aromatic N) is 1. The maximum atomic E-state index is 6.09. The molecular formula is C10H16Cl2N2. The summed E-state index contributed by atoms with van der Waals surface area (Å²) in [5.41, 5.74) is 7.28. The Kier molecular flexibility index (Phi) is 5.42. The van der Waals surface area contributed by atoms with E-state index in [9.17, 15) is 0 Å². The first-order valence-corrected chi connectivity index (χ1v) is 4.47. The smallest absolute Gasteiger partial charge is 0.0421 e. The zero-order valence-electron chi connectivity index (χ0n) is 7.98. The van der Waals surface area contributed by atoms with Gasteiger partial charge in [-0.1, -0.05) is 6.07 Å². The summed E-state index contributed by atoms with van der Waals surface area (Å²) in [4.78, 5) is 4.27. The van der Waals surface area contributed by atoms with E-state index < -0.39 is 0 Å². The second-order valence-electron chi connectivity index (χ2n) is 3.71. The quantitative estimate of drug-likeness (QED) is 0.854. The van der Waals surface area contributed by atoms with Gasteiger partial charge in [-0.25, -0.2) is 0 Å². The highest BCUT2D eigenvalue weighted by Crippen LogP contribution is 2.31. The topological polar surface area (TPSA) is 38.9 Å². The van der Waals surface area contributed by atoms with Gasteiger partial charge in [-0.3, -0.25) is 4.98 Å². The average Bonchev–Trinajstić information content (AvgIpc) is 2.04. The fourth-order valence-corrected chi connectivity index (χ4v) is 1.67. The average molecular weight is 235 g/mol. The van der Waals surface area contributed by atoms with E-state index in [-0.39, 0.29) is 30.4 Å². The van der Waals surface area contributed by atoms with E-state index in [1.807, 2.05) is 24.4 Å². The molecule has 1 fully saturated rings. The zero-order valence-corrected chi connectivity index (χ0v) is 9.61. The van der Waals surface area contributed by atoms with Crippen LogP contribution >= 0.6 is 24.8 Å². The van der Waals surface area contributed by atoms with Crippen molar-refractivity contribution in [3.05, 3.63) is 30.1 Å². The van der Waals surface area contributed by atoms with E-state index in [1.165, 1.54) is 6.42 Å². The molecule has 0 bridgehead atoms. The molecule has 0 radical (unpaired) electrons. The molecule has 1 heterocycles. The second-order valence-corrected chi connectivity index (χ2v) is 3.71. The Bertz CT molecular complexity index is 260. The van der Waals surface area contributed by atoms with Crippen molar-refractivity contribution in [2.45, 2.75) is 31.2 Å². The summed E-state index contributed by atoms with van der Waals surface area (Å²) < 4.78 is 0. The molecule has 0 saturated heterocycles. The summed E-state index contributed by atoms with van der Waals surface area (Å²) in [7, 11) is 0. The van der Waals surface area contributed by atoms with E-state index in [1.54, 1.807) is 0 Å². The summed E-state index contributed by atoms with van der Waals surface area (Å²) in [6, 6.07) is 6.00. The third-order valence-corrected chi connectivity index (χ3v) is 2.61. The lowest BCUT2D eigenvalue weighted by Gasteiger charge is -2.37. The Balaban J connectivity index is 0.000000845. The molecule has 0 spiro atoms. The van der Waals surface area contributed by atoms with Crippen LogP contribution in [0.25, 0.3) is 0 Å². The molecule has 4 heteroatoms. The van der Waals surface area contributed by atoms with Gasteiger partial charge in [0.15, 0.2) is 0 Å². The molecule has 1 saturated carbocycles. The number of hydrogen-bond acceptors (Lipinski definition) is 2. The van der Waals surface area contributed by atoms with Crippen LogP contribution in [-0.2, 0) is 6.42 Å². The summed E-state index contributed by atoms with van der Waals surface area (Å²) in [6.07, 6.45) is 6.36. The first-order valence-electron chi connectivity index (χ1n) is 4.47. The number of hydrogen-bond donors (Lipinski definition) is 1. The van der Waals surface area contributed by atoms with Crippen molar-refractivity contribution in [1.29, 1.82) is 0 Å². The van der Waals surface area contributed by atoms with Crippen molar-refractivity contribution in [3.63, 3.8) is 0 Å². The van der Waals surface area contributed by atoms with Gasteiger partial charge >= 0.3 is 0 Å². The highest BCUT2D eigenvalue weighted by atomic mass is 35.5. The lowest BCUT2D eigenvalue weighted by Crippen LogP contribution is -2.48. The third-order valence-electron chi connectivity index (χ3n) is 2.61.